The Morgan fingerprint density at radius 3 is 2.41 bits per heavy atom. The molecule has 0 aliphatic rings. The summed E-state index contributed by atoms with van der Waals surface area (Å²) in [6.45, 7) is -0.0279. The van der Waals surface area contributed by atoms with E-state index in [4.69, 9.17) is 21.1 Å². The molecule has 0 fully saturated rings. The molecule has 0 aromatic heterocycles. The lowest BCUT2D eigenvalue weighted by atomic mass is 10.2. The Labute approximate surface area is 133 Å². The monoisotopic (exact) mass is 322 g/mol. The van der Waals surface area contributed by atoms with Crippen LogP contribution in [0.1, 0.15) is 23.2 Å². The summed E-state index contributed by atoms with van der Waals surface area (Å²) < 4.78 is 22.9. The SMILES string of the molecule is O=C(Oc1ccccc1Cl)c1ccccc1OCCCCF. The van der Waals surface area contributed by atoms with Crippen LogP contribution in [0.3, 0.4) is 0 Å². The van der Waals surface area contributed by atoms with Crippen LogP contribution in [0.15, 0.2) is 48.5 Å². The first kappa shape index (κ1) is 16.3. The lowest BCUT2D eigenvalue weighted by molar-refractivity contribution is 0.0730. The number of para-hydroxylation sites is 2. The molecule has 2 rings (SSSR count). The first-order chi connectivity index (χ1) is 10.7. The molecule has 0 aliphatic heterocycles. The van der Waals surface area contributed by atoms with E-state index in [0.717, 1.165) is 0 Å². The molecular formula is C17H16ClFO3. The maximum Gasteiger partial charge on any atom is 0.347 e. The third kappa shape index (κ3) is 4.46. The summed E-state index contributed by atoms with van der Waals surface area (Å²) in [5.74, 6) is 0.161. The lowest BCUT2D eigenvalue weighted by Gasteiger charge is -2.11. The van der Waals surface area contributed by atoms with E-state index in [1.54, 1.807) is 48.5 Å². The average molecular weight is 323 g/mol. The van der Waals surface area contributed by atoms with Crippen LogP contribution in [0.5, 0.6) is 11.5 Å². The number of ether oxygens (including phenoxy) is 2. The van der Waals surface area contributed by atoms with Crippen molar-refractivity contribution in [3.05, 3.63) is 59.1 Å². The fourth-order valence-electron chi connectivity index (χ4n) is 1.82. The number of carbonyl (C=O) groups is 1. The summed E-state index contributed by atoms with van der Waals surface area (Å²) in [5.41, 5.74) is 0.308. The summed E-state index contributed by atoms with van der Waals surface area (Å²) in [7, 11) is 0. The van der Waals surface area contributed by atoms with Crippen molar-refractivity contribution in [2.75, 3.05) is 13.3 Å². The molecule has 0 atom stereocenters. The molecule has 22 heavy (non-hydrogen) atoms. The van der Waals surface area contributed by atoms with Gasteiger partial charge in [-0.3, -0.25) is 4.39 Å². The van der Waals surface area contributed by atoms with Crippen LogP contribution in [0.2, 0.25) is 5.02 Å². The molecule has 0 N–H and O–H groups in total. The Morgan fingerprint density at radius 1 is 1.00 bits per heavy atom. The van der Waals surface area contributed by atoms with Crippen molar-refractivity contribution >= 4 is 17.6 Å². The second-order valence-corrected chi connectivity index (χ2v) is 4.97. The summed E-state index contributed by atoms with van der Waals surface area (Å²) in [6.07, 6.45) is 1.02. The minimum Gasteiger partial charge on any atom is -0.493 e. The Morgan fingerprint density at radius 2 is 1.68 bits per heavy atom. The first-order valence-electron chi connectivity index (χ1n) is 6.97. The van der Waals surface area contributed by atoms with Gasteiger partial charge in [-0.15, -0.1) is 0 Å². The maximum absolute atomic E-state index is 12.3. The Kier molecular flexibility index (Phi) is 6.22. The van der Waals surface area contributed by atoms with Crippen LogP contribution in [0.4, 0.5) is 4.39 Å². The highest BCUT2D eigenvalue weighted by atomic mass is 35.5. The Hall–Kier alpha value is -2.07. The highest BCUT2D eigenvalue weighted by molar-refractivity contribution is 6.32. The van der Waals surface area contributed by atoms with Gasteiger partial charge in [0, 0.05) is 0 Å². The third-order valence-corrected chi connectivity index (χ3v) is 3.24. The molecule has 0 unspecified atom stereocenters. The van der Waals surface area contributed by atoms with Crippen LogP contribution < -0.4 is 9.47 Å². The molecule has 2 aromatic carbocycles. The molecule has 116 valence electrons. The van der Waals surface area contributed by atoms with Crippen molar-refractivity contribution < 1.29 is 18.7 Å². The fraction of sp³-hybridized carbons (Fsp3) is 0.235. The van der Waals surface area contributed by atoms with Gasteiger partial charge in [0.05, 0.1) is 18.3 Å². The zero-order valence-electron chi connectivity index (χ0n) is 11.9. The van der Waals surface area contributed by atoms with Crippen LogP contribution in [-0.2, 0) is 0 Å². The normalized spacial score (nSPS) is 10.3. The van der Waals surface area contributed by atoms with Gasteiger partial charge < -0.3 is 9.47 Å². The van der Waals surface area contributed by atoms with Gasteiger partial charge in [0.1, 0.15) is 17.1 Å². The van der Waals surface area contributed by atoms with Crippen molar-refractivity contribution in [1.82, 2.24) is 0 Å². The molecule has 0 aliphatic carbocycles. The van der Waals surface area contributed by atoms with Crippen LogP contribution in [-0.4, -0.2) is 19.3 Å². The van der Waals surface area contributed by atoms with Gasteiger partial charge in [-0.25, -0.2) is 4.79 Å². The largest absolute Gasteiger partial charge is 0.493 e. The molecule has 3 nitrogen and oxygen atoms in total. The van der Waals surface area contributed by atoms with Crippen LogP contribution in [0.25, 0.3) is 0 Å². The van der Waals surface area contributed by atoms with Crippen LogP contribution >= 0.6 is 11.6 Å². The van der Waals surface area contributed by atoms with Gasteiger partial charge in [-0.2, -0.15) is 0 Å². The predicted molar refractivity (Wildman–Crippen MR) is 83.6 cm³/mol. The highest BCUT2D eigenvalue weighted by Crippen LogP contribution is 2.26. The fourth-order valence-corrected chi connectivity index (χ4v) is 2.00. The smallest absolute Gasteiger partial charge is 0.347 e. The van der Waals surface area contributed by atoms with E-state index in [-0.39, 0.29) is 6.67 Å². The predicted octanol–water partition coefficient (Wildman–Crippen LogP) is 4.69. The van der Waals surface area contributed by atoms with Gasteiger partial charge >= 0.3 is 5.97 Å². The number of rotatable bonds is 7. The summed E-state index contributed by atoms with van der Waals surface area (Å²) in [4.78, 5) is 12.3. The third-order valence-electron chi connectivity index (χ3n) is 2.93. The van der Waals surface area contributed by atoms with E-state index in [9.17, 15) is 9.18 Å². The standard InChI is InChI=1S/C17H16ClFO3/c18-14-8-2-4-10-16(14)22-17(20)13-7-1-3-9-15(13)21-12-6-5-11-19/h1-4,7-10H,5-6,11-12H2. The van der Waals surface area contributed by atoms with Crippen molar-refractivity contribution in [3.8, 4) is 11.5 Å². The lowest BCUT2D eigenvalue weighted by Crippen LogP contribution is -2.11. The molecule has 0 bridgehead atoms. The molecular weight excluding hydrogens is 307 g/mol. The van der Waals surface area contributed by atoms with Crippen molar-refractivity contribution in [3.63, 3.8) is 0 Å². The molecule has 2 aromatic rings. The number of carbonyl (C=O) groups excluding carboxylic acids is 1. The second kappa shape index (κ2) is 8.39. The number of alkyl halides is 1. The number of unbranched alkanes of at least 4 members (excludes halogenated alkanes) is 1. The highest BCUT2D eigenvalue weighted by Gasteiger charge is 2.15. The van der Waals surface area contributed by atoms with Gasteiger partial charge in [0.15, 0.2) is 0 Å². The molecule has 0 saturated heterocycles. The number of hydrogen-bond donors (Lipinski definition) is 0. The van der Waals surface area contributed by atoms with E-state index < -0.39 is 5.97 Å². The van der Waals surface area contributed by atoms with E-state index >= 15 is 0 Å². The Bertz CT molecular complexity index is 631. The van der Waals surface area contributed by atoms with E-state index in [0.29, 0.717) is 41.5 Å². The van der Waals surface area contributed by atoms with Crippen molar-refractivity contribution in [2.45, 2.75) is 12.8 Å². The van der Waals surface area contributed by atoms with E-state index in [1.165, 1.54) is 0 Å². The number of benzene rings is 2. The average Bonchev–Trinajstić information content (AvgIpc) is 2.54. The van der Waals surface area contributed by atoms with Crippen molar-refractivity contribution in [1.29, 1.82) is 0 Å². The molecule has 0 saturated carbocycles. The molecule has 0 radical (unpaired) electrons. The second-order valence-electron chi connectivity index (χ2n) is 4.56. The van der Waals surface area contributed by atoms with Crippen LogP contribution in [0, 0.1) is 0 Å². The maximum atomic E-state index is 12.3. The molecule has 0 heterocycles. The topological polar surface area (TPSA) is 35.5 Å². The molecule has 0 amide bonds. The summed E-state index contributed by atoms with van der Waals surface area (Å²) >= 11 is 5.97. The van der Waals surface area contributed by atoms with Crippen molar-refractivity contribution in [2.24, 2.45) is 0 Å². The zero-order valence-corrected chi connectivity index (χ0v) is 12.7. The Balaban J connectivity index is 2.07. The van der Waals surface area contributed by atoms with E-state index in [1.807, 2.05) is 0 Å². The summed E-state index contributed by atoms with van der Waals surface area (Å²) in [6, 6.07) is 13.5. The van der Waals surface area contributed by atoms with Gasteiger partial charge in [-0.1, -0.05) is 35.9 Å². The van der Waals surface area contributed by atoms with Gasteiger partial charge in [-0.05, 0) is 37.1 Å². The minimum absolute atomic E-state index is 0.293. The summed E-state index contributed by atoms with van der Waals surface area (Å²) in [5, 5.41) is 0.359. The quantitative estimate of drug-likeness (QED) is 0.421. The number of halogens is 2. The number of esters is 1. The number of hydrogen-bond acceptors (Lipinski definition) is 3. The zero-order chi connectivity index (χ0) is 15.8. The minimum atomic E-state index is -0.547. The molecule has 0 spiro atoms. The van der Waals surface area contributed by atoms with Gasteiger partial charge in [0.2, 0.25) is 0 Å². The molecule has 5 heteroatoms. The first-order valence-corrected chi connectivity index (χ1v) is 7.34. The van der Waals surface area contributed by atoms with Gasteiger partial charge in [0.25, 0.3) is 0 Å². The van der Waals surface area contributed by atoms with E-state index in [2.05, 4.69) is 0 Å².